The Morgan fingerprint density at radius 1 is 1.12 bits per heavy atom. The molecule has 0 amide bonds. The SMILES string of the molecule is CC(C)CCCC(N)C1CCC(C)(C)CC1. The summed E-state index contributed by atoms with van der Waals surface area (Å²) in [5.74, 6) is 1.64. The number of hydrogen-bond acceptors (Lipinski definition) is 1. The van der Waals surface area contributed by atoms with Gasteiger partial charge in [-0.15, -0.1) is 0 Å². The van der Waals surface area contributed by atoms with Crippen LogP contribution in [0.25, 0.3) is 0 Å². The summed E-state index contributed by atoms with van der Waals surface area (Å²) < 4.78 is 0. The van der Waals surface area contributed by atoms with Crippen LogP contribution in [0, 0.1) is 17.3 Å². The molecule has 2 N–H and O–H groups in total. The Morgan fingerprint density at radius 2 is 1.69 bits per heavy atom. The quantitative estimate of drug-likeness (QED) is 0.739. The van der Waals surface area contributed by atoms with Crippen molar-refractivity contribution < 1.29 is 0 Å². The van der Waals surface area contributed by atoms with E-state index < -0.39 is 0 Å². The highest BCUT2D eigenvalue weighted by atomic mass is 14.7. The first-order chi connectivity index (χ1) is 7.41. The fourth-order valence-electron chi connectivity index (χ4n) is 2.85. The molecule has 1 saturated carbocycles. The van der Waals surface area contributed by atoms with Crippen LogP contribution >= 0.6 is 0 Å². The lowest BCUT2D eigenvalue weighted by molar-refractivity contribution is 0.169. The highest BCUT2D eigenvalue weighted by Crippen LogP contribution is 2.39. The molecule has 0 aromatic heterocycles. The molecule has 1 rings (SSSR count). The van der Waals surface area contributed by atoms with Crippen LogP contribution in [0.4, 0.5) is 0 Å². The van der Waals surface area contributed by atoms with E-state index in [1.54, 1.807) is 0 Å². The van der Waals surface area contributed by atoms with Crippen molar-refractivity contribution in [2.45, 2.75) is 78.7 Å². The molecule has 1 aliphatic rings. The highest BCUT2D eigenvalue weighted by Gasteiger charge is 2.29. The third kappa shape index (κ3) is 4.86. The van der Waals surface area contributed by atoms with E-state index in [1.165, 1.54) is 44.9 Å². The third-order valence-corrected chi connectivity index (χ3v) is 4.31. The van der Waals surface area contributed by atoms with E-state index in [-0.39, 0.29) is 0 Å². The van der Waals surface area contributed by atoms with E-state index in [0.29, 0.717) is 11.5 Å². The molecule has 0 aromatic carbocycles. The van der Waals surface area contributed by atoms with Gasteiger partial charge in [-0.2, -0.15) is 0 Å². The average Bonchev–Trinajstić information content (AvgIpc) is 2.16. The zero-order valence-corrected chi connectivity index (χ0v) is 11.8. The largest absolute Gasteiger partial charge is 0.327 e. The van der Waals surface area contributed by atoms with Gasteiger partial charge in [-0.05, 0) is 49.4 Å². The predicted molar refractivity (Wildman–Crippen MR) is 72.4 cm³/mol. The van der Waals surface area contributed by atoms with Crippen molar-refractivity contribution in [2.24, 2.45) is 23.0 Å². The number of hydrogen-bond donors (Lipinski definition) is 1. The van der Waals surface area contributed by atoms with E-state index in [1.807, 2.05) is 0 Å². The highest BCUT2D eigenvalue weighted by molar-refractivity contribution is 4.83. The molecular formula is C15H31N. The summed E-state index contributed by atoms with van der Waals surface area (Å²) in [6, 6.07) is 0.467. The third-order valence-electron chi connectivity index (χ3n) is 4.31. The zero-order valence-electron chi connectivity index (χ0n) is 11.8. The Hall–Kier alpha value is -0.0400. The average molecular weight is 225 g/mol. The summed E-state index contributed by atoms with van der Waals surface area (Å²) in [5.41, 5.74) is 6.90. The molecule has 0 saturated heterocycles. The second kappa shape index (κ2) is 6.05. The van der Waals surface area contributed by atoms with Gasteiger partial charge in [-0.1, -0.05) is 40.5 Å². The van der Waals surface area contributed by atoms with Crippen LogP contribution in [0.5, 0.6) is 0 Å². The Labute approximate surface area is 102 Å². The number of nitrogens with two attached hydrogens (primary N) is 1. The minimum Gasteiger partial charge on any atom is -0.327 e. The molecule has 1 fully saturated rings. The predicted octanol–water partition coefficient (Wildman–Crippen LogP) is 4.36. The van der Waals surface area contributed by atoms with Gasteiger partial charge < -0.3 is 5.73 Å². The Kier molecular flexibility index (Phi) is 5.30. The fourth-order valence-corrected chi connectivity index (χ4v) is 2.85. The van der Waals surface area contributed by atoms with Crippen LogP contribution in [-0.4, -0.2) is 6.04 Å². The lowest BCUT2D eigenvalue weighted by Gasteiger charge is -2.37. The summed E-state index contributed by atoms with van der Waals surface area (Å²) in [4.78, 5) is 0. The zero-order chi connectivity index (χ0) is 12.2. The maximum atomic E-state index is 6.32. The van der Waals surface area contributed by atoms with Crippen LogP contribution in [-0.2, 0) is 0 Å². The van der Waals surface area contributed by atoms with Crippen LogP contribution in [0.15, 0.2) is 0 Å². The van der Waals surface area contributed by atoms with Crippen LogP contribution in [0.1, 0.15) is 72.6 Å². The summed E-state index contributed by atoms with van der Waals surface area (Å²) in [5, 5.41) is 0. The molecule has 1 aliphatic carbocycles. The Morgan fingerprint density at radius 3 is 2.19 bits per heavy atom. The van der Waals surface area contributed by atoms with Crippen molar-refractivity contribution in [1.82, 2.24) is 0 Å². The molecule has 0 aliphatic heterocycles. The fraction of sp³-hybridized carbons (Fsp3) is 1.00. The lowest BCUT2D eigenvalue weighted by atomic mass is 9.70. The topological polar surface area (TPSA) is 26.0 Å². The van der Waals surface area contributed by atoms with Gasteiger partial charge in [0, 0.05) is 6.04 Å². The molecular weight excluding hydrogens is 194 g/mol. The summed E-state index contributed by atoms with van der Waals surface area (Å²) in [6.07, 6.45) is 9.35. The molecule has 96 valence electrons. The smallest absolute Gasteiger partial charge is 0.00671 e. The molecule has 1 unspecified atom stereocenters. The lowest BCUT2D eigenvalue weighted by Crippen LogP contribution is -2.34. The number of rotatable bonds is 5. The summed E-state index contributed by atoms with van der Waals surface area (Å²) in [6.45, 7) is 9.39. The van der Waals surface area contributed by atoms with Crippen LogP contribution < -0.4 is 5.73 Å². The van der Waals surface area contributed by atoms with Crippen molar-refractivity contribution in [3.63, 3.8) is 0 Å². The van der Waals surface area contributed by atoms with E-state index >= 15 is 0 Å². The summed E-state index contributed by atoms with van der Waals surface area (Å²) in [7, 11) is 0. The van der Waals surface area contributed by atoms with E-state index in [9.17, 15) is 0 Å². The standard InChI is InChI=1S/C15H31N/c1-12(2)6-5-7-14(16)13-8-10-15(3,4)11-9-13/h12-14H,5-11,16H2,1-4H3. The first-order valence-corrected chi connectivity index (χ1v) is 7.16. The molecule has 1 atom stereocenters. The second-order valence-electron chi connectivity index (χ2n) is 6.99. The molecule has 16 heavy (non-hydrogen) atoms. The monoisotopic (exact) mass is 225 g/mol. The van der Waals surface area contributed by atoms with Crippen molar-refractivity contribution in [2.75, 3.05) is 0 Å². The molecule has 0 bridgehead atoms. The van der Waals surface area contributed by atoms with Gasteiger partial charge in [0.2, 0.25) is 0 Å². The Bertz CT molecular complexity index is 186. The van der Waals surface area contributed by atoms with E-state index in [4.69, 9.17) is 5.73 Å². The molecule has 0 aromatic rings. The van der Waals surface area contributed by atoms with Gasteiger partial charge in [-0.3, -0.25) is 0 Å². The van der Waals surface area contributed by atoms with Gasteiger partial charge in [0.15, 0.2) is 0 Å². The van der Waals surface area contributed by atoms with E-state index in [0.717, 1.165) is 11.8 Å². The minimum absolute atomic E-state index is 0.467. The van der Waals surface area contributed by atoms with Crippen molar-refractivity contribution in [3.8, 4) is 0 Å². The first kappa shape index (κ1) is 14.0. The minimum atomic E-state index is 0.467. The van der Waals surface area contributed by atoms with Gasteiger partial charge >= 0.3 is 0 Å². The molecule has 0 spiro atoms. The van der Waals surface area contributed by atoms with Gasteiger partial charge in [0.1, 0.15) is 0 Å². The normalized spacial score (nSPS) is 23.6. The van der Waals surface area contributed by atoms with E-state index in [2.05, 4.69) is 27.7 Å². The molecule has 0 heterocycles. The van der Waals surface area contributed by atoms with Gasteiger partial charge in [0.25, 0.3) is 0 Å². The van der Waals surface area contributed by atoms with Crippen molar-refractivity contribution in [1.29, 1.82) is 0 Å². The Balaban J connectivity index is 2.20. The molecule has 1 heteroatoms. The maximum absolute atomic E-state index is 6.32. The second-order valence-corrected chi connectivity index (χ2v) is 6.99. The molecule has 0 radical (unpaired) electrons. The van der Waals surface area contributed by atoms with Gasteiger partial charge in [-0.25, -0.2) is 0 Å². The van der Waals surface area contributed by atoms with Crippen molar-refractivity contribution >= 4 is 0 Å². The van der Waals surface area contributed by atoms with Gasteiger partial charge in [0.05, 0.1) is 0 Å². The van der Waals surface area contributed by atoms with Crippen LogP contribution in [0.2, 0.25) is 0 Å². The molecule has 1 nitrogen and oxygen atoms in total. The first-order valence-electron chi connectivity index (χ1n) is 7.16. The summed E-state index contributed by atoms with van der Waals surface area (Å²) >= 11 is 0. The van der Waals surface area contributed by atoms with Crippen LogP contribution in [0.3, 0.4) is 0 Å². The maximum Gasteiger partial charge on any atom is 0.00671 e. The van der Waals surface area contributed by atoms with Crippen molar-refractivity contribution in [3.05, 3.63) is 0 Å².